The van der Waals surface area contributed by atoms with Crippen LogP contribution in [0.1, 0.15) is 41.8 Å². The predicted octanol–water partition coefficient (Wildman–Crippen LogP) is 2.17. The molecule has 1 fully saturated rings. The third-order valence-corrected chi connectivity index (χ3v) is 5.12. The minimum absolute atomic E-state index is 0.0449. The Hall–Kier alpha value is -3.15. The van der Waals surface area contributed by atoms with Crippen LogP contribution < -0.4 is 15.3 Å². The molecule has 1 saturated heterocycles. The average molecular weight is 379 g/mol. The molecule has 2 amide bonds. The molecule has 0 unspecified atom stereocenters. The van der Waals surface area contributed by atoms with Crippen molar-refractivity contribution in [2.45, 2.75) is 33.1 Å². The Morgan fingerprint density at radius 2 is 1.68 bits per heavy atom. The van der Waals surface area contributed by atoms with Crippen molar-refractivity contribution >= 4 is 29.2 Å². The molecule has 0 aromatic heterocycles. The van der Waals surface area contributed by atoms with Gasteiger partial charge in [0.1, 0.15) is 0 Å². The standard InChI is InChI=1S/C22H24N2O4/c1-3-14-6-5-7-15(4-2)20(14)24-13-17(12-19(24)25)21(26)23-18-10-8-16(9-11-18)22(27)28/h5-11,17H,3-4,12-13H2,1-2H3,(H,23,26)(H,27,28)/p-1/t17-/m0/s1. The summed E-state index contributed by atoms with van der Waals surface area (Å²) in [6.45, 7) is 4.45. The fraction of sp³-hybridized carbons (Fsp3) is 0.318. The number of carboxylic acids is 1. The summed E-state index contributed by atoms with van der Waals surface area (Å²) in [7, 11) is 0. The lowest BCUT2D eigenvalue weighted by atomic mass is 10.0. The van der Waals surface area contributed by atoms with Crippen LogP contribution in [0.2, 0.25) is 0 Å². The van der Waals surface area contributed by atoms with Crippen LogP contribution >= 0.6 is 0 Å². The molecule has 1 aliphatic heterocycles. The third kappa shape index (κ3) is 3.91. The lowest BCUT2D eigenvalue weighted by Gasteiger charge is -2.23. The van der Waals surface area contributed by atoms with E-state index in [4.69, 9.17) is 0 Å². The summed E-state index contributed by atoms with van der Waals surface area (Å²) < 4.78 is 0. The number of amides is 2. The second-order valence-electron chi connectivity index (χ2n) is 6.89. The van der Waals surface area contributed by atoms with Gasteiger partial charge in [0.05, 0.1) is 11.9 Å². The van der Waals surface area contributed by atoms with Crippen LogP contribution in [0.25, 0.3) is 0 Å². The zero-order chi connectivity index (χ0) is 20.3. The van der Waals surface area contributed by atoms with Gasteiger partial charge in [-0.25, -0.2) is 0 Å². The van der Waals surface area contributed by atoms with E-state index < -0.39 is 11.9 Å². The van der Waals surface area contributed by atoms with Crippen molar-refractivity contribution in [2.75, 3.05) is 16.8 Å². The normalized spacial score (nSPS) is 16.3. The van der Waals surface area contributed by atoms with E-state index in [-0.39, 0.29) is 23.8 Å². The fourth-order valence-corrected chi connectivity index (χ4v) is 3.60. The lowest BCUT2D eigenvalue weighted by molar-refractivity contribution is -0.255. The zero-order valence-electron chi connectivity index (χ0n) is 16.0. The van der Waals surface area contributed by atoms with Crippen molar-refractivity contribution in [1.29, 1.82) is 0 Å². The van der Waals surface area contributed by atoms with Gasteiger partial charge in [0.15, 0.2) is 0 Å². The third-order valence-electron chi connectivity index (χ3n) is 5.12. The number of aryl methyl sites for hydroxylation is 2. The molecule has 146 valence electrons. The first-order chi connectivity index (χ1) is 13.4. The topological polar surface area (TPSA) is 89.5 Å². The quantitative estimate of drug-likeness (QED) is 0.833. The number of anilines is 2. The molecule has 1 heterocycles. The molecule has 28 heavy (non-hydrogen) atoms. The van der Waals surface area contributed by atoms with Crippen molar-refractivity contribution in [2.24, 2.45) is 5.92 Å². The van der Waals surface area contributed by atoms with Gasteiger partial charge in [0, 0.05) is 24.3 Å². The molecular formula is C22H23N2O4-. The Morgan fingerprint density at radius 3 is 2.21 bits per heavy atom. The van der Waals surface area contributed by atoms with E-state index >= 15 is 0 Å². The molecule has 0 spiro atoms. The molecular weight excluding hydrogens is 356 g/mol. The molecule has 0 radical (unpaired) electrons. The number of hydrogen-bond donors (Lipinski definition) is 1. The van der Waals surface area contributed by atoms with Gasteiger partial charge < -0.3 is 20.1 Å². The second kappa shape index (κ2) is 8.25. The number of aromatic carboxylic acids is 1. The summed E-state index contributed by atoms with van der Waals surface area (Å²) in [6.07, 6.45) is 1.79. The summed E-state index contributed by atoms with van der Waals surface area (Å²) in [4.78, 5) is 37.9. The first-order valence-corrected chi connectivity index (χ1v) is 9.48. The van der Waals surface area contributed by atoms with E-state index in [1.165, 1.54) is 24.3 Å². The molecule has 1 atom stereocenters. The highest BCUT2D eigenvalue weighted by Gasteiger charge is 2.36. The Bertz CT molecular complexity index is 883. The number of carbonyl (C=O) groups excluding carboxylic acids is 3. The highest BCUT2D eigenvalue weighted by molar-refractivity contribution is 6.04. The van der Waals surface area contributed by atoms with E-state index in [1.807, 2.05) is 18.2 Å². The number of hydrogen-bond acceptors (Lipinski definition) is 4. The van der Waals surface area contributed by atoms with Gasteiger partial charge in [0.25, 0.3) is 0 Å². The summed E-state index contributed by atoms with van der Waals surface area (Å²) in [5, 5.41) is 13.6. The monoisotopic (exact) mass is 379 g/mol. The summed E-state index contributed by atoms with van der Waals surface area (Å²) >= 11 is 0. The Kier molecular flexibility index (Phi) is 5.78. The Morgan fingerprint density at radius 1 is 1.07 bits per heavy atom. The number of rotatable bonds is 6. The first-order valence-electron chi connectivity index (χ1n) is 9.48. The first kappa shape index (κ1) is 19.6. The number of carboxylic acid groups (broad SMARTS) is 1. The molecule has 2 aromatic rings. The lowest BCUT2D eigenvalue weighted by Crippen LogP contribution is -2.29. The molecule has 0 saturated carbocycles. The number of benzene rings is 2. The molecule has 0 bridgehead atoms. The summed E-state index contributed by atoms with van der Waals surface area (Å²) in [6, 6.07) is 11.8. The highest BCUT2D eigenvalue weighted by Crippen LogP contribution is 2.32. The van der Waals surface area contributed by atoms with Crippen LogP contribution in [0, 0.1) is 5.92 Å². The van der Waals surface area contributed by atoms with Crippen LogP contribution in [-0.2, 0) is 22.4 Å². The molecule has 1 aliphatic rings. The number of para-hydroxylation sites is 1. The maximum Gasteiger partial charge on any atom is 0.229 e. The van der Waals surface area contributed by atoms with Gasteiger partial charge in [-0.2, -0.15) is 0 Å². The minimum atomic E-state index is -1.27. The number of nitrogens with zero attached hydrogens (tertiary/aromatic N) is 1. The van der Waals surface area contributed by atoms with Gasteiger partial charge in [0.2, 0.25) is 11.8 Å². The van der Waals surface area contributed by atoms with E-state index in [1.54, 1.807) is 4.90 Å². The smallest absolute Gasteiger partial charge is 0.229 e. The van der Waals surface area contributed by atoms with Gasteiger partial charge in [-0.05, 0) is 41.7 Å². The molecule has 2 aromatic carbocycles. The fourth-order valence-electron chi connectivity index (χ4n) is 3.60. The van der Waals surface area contributed by atoms with Crippen molar-refractivity contribution in [3.05, 3.63) is 59.2 Å². The van der Waals surface area contributed by atoms with Crippen molar-refractivity contribution in [1.82, 2.24) is 0 Å². The summed E-state index contributed by atoms with van der Waals surface area (Å²) in [5.74, 6) is -2.02. The van der Waals surface area contributed by atoms with Gasteiger partial charge >= 0.3 is 0 Å². The Labute approximate surface area is 164 Å². The maximum absolute atomic E-state index is 12.7. The number of carbonyl (C=O) groups is 3. The van der Waals surface area contributed by atoms with E-state index in [0.29, 0.717) is 12.2 Å². The van der Waals surface area contributed by atoms with Crippen LogP contribution in [0.15, 0.2) is 42.5 Å². The van der Waals surface area contributed by atoms with E-state index in [9.17, 15) is 19.5 Å². The summed E-state index contributed by atoms with van der Waals surface area (Å²) in [5.41, 5.74) is 3.68. The van der Waals surface area contributed by atoms with Crippen molar-refractivity contribution < 1.29 is 19.5 Å². The van der Waals surface area contributed by atoms with Crippen LogP contribution in [0.3, 0.4) is 0 Å². The van der Waals surface area contributed by atoms with Gasteiger partial charge in [-0.15, -0.1) is 0 Å². The molecule has 3 rings (SSSR count). The molecule has 1 N–H and O–H groups in total. The van der Waals surface area contributed by atoms with E-state index in [0.717, 1.165) is 29.7 Å². The highest BCUT2D eigenvalue weighted by atomic mass is 16.4. The minimum Gasteiger partial charge on any atom is -0.545 e. The molecule has 6 heteroatoms. The average Bonchev–Trinajstić information content (AvgIpc) is 3.09. The zero-order valence-corrected chi connectivity index (χ0v) is 16.0. The van der Waals surface area contributed by atoms with Crippen LogP contribution in [0.4, 0.5) is 11.4 Å². The Balaban J connectivity index is 1.76. The molecule has 6 nitrogen and oxygen atoms in total. The maximum atomic E-state index is 12.7. The van der Waals surface area contributed by atoms with E-state index in [2.05, 4.69) is 19.2 Å². The van der Waals surface area contributed by atoms with Crippen LogP contribution in [0.5, 0.6) is 0 Å². The van der Waals surface area contributed by atoms with Crippen molar-refractivity contribution in [3.63, 3.8) is 0 Å². The largest absolute Gasteiger partial charge is 0.545 e. The van der Waals surface area contributed by atoms with Crippen LogP contribution in [-0.4, -0.2) is 24.3 Å². The predicted molar refractivity (Wildman–Crippen MR) is 105 cm³/mol. The SMILES string of the molecule is CCc1cccc(CC)c1N1C[C@@H](C(=O)Nc2ccc(C(=O)[O-])cc2)CC1=O. The number of nitrogens with one attached hydrogen (secondary N) is 1. The van der Waals surface area contributed by atoms with Crippen molar-refractivity contribution in [3.8, 4) is 0 Å². The van der Waals surface area contributed by atoms with Gasteiger partial charge in [-0.3, -0.25) is 9.59 Å². The molecule has 0 aliphatic carbocycles. The second-order valence-corrected chi connectivity index (χ2v) is 6.89. The van der Waals surface area contributed by atoms with Gasteiger partial charge in [-0.1, -0.05) is 44.2 Å².